The summed E-state index contributed by atoms with van der Waals surface area (Å²) in [5.74, 6) is -1.27. The number of hydrogen-bond acceptors (Lipinski definition) is 2. The molecule has 1 heterocycles. The molecule has 0 aliphatic rings. The smallest absolute Gasteiger partial charge is 0.126 e. The molecule has 2 N–H and O–H groups in total. The van der Waals surface area contributed by atoms with Gasteiger partial charge in [-0.2, -0.15) is 0 Å². The molecule has 1 atom stereocenters. The first-order chi connectivity index (χ1) is 8.47. The molecule has 1 unspecified atom stereocenters. The van der Waals surface area contributed by atoms with Gasteiger partial charge in [0.25, 0.3) is 0 Å². The van der Waals surface area contributed by atoms with Gasteiger partial charge in [0, 0.05) is 12.3 Å². The quantitative estimate of drug-likeness (QED) is 0.887. The first-order valence-electron chi connectivity index (χ1n) is 5.62. The highest BCUT2D eigenvalue weighted by Gasteiger charge is 2.15. The molecular weight excluding hydrogens is 234 g/mol. The van der Waals surface area contributed by atoms with E-state index < -0.39 is 17.7 Å². The minimum Gasteiger partial charge on any atom is -0.319 e. The normalized spacial score (nSPS) is 12.5. The molecule has 1 aromatic carbocycles. The average Bonchev–Trinajstić information content (AvgIpc) is 2.26. The van der Waals surface area contributed by atoms with Gasteiger partial charge < -0.3 is 5.73 Å². The SMILES string of the molecule is Cc1cnc(C(N)c2cc(F)cc(F)c2)c(C)c1. The van der Waals surface area contributed by atoms with E-state index in [1.807, 2.05) is 19.9 Å². The lowest BCUT2D eigenvalue weighted by atomic mass is 10.00. The maximum atomic E-state index is 13.2. The number of pyridine rings is 1. The molecule has 0 saturated heterocycles. The Bertz CT molecular complexity index is 562. The molecule has 0 radical (unpaired) electrons. The first-order valence-corrected chi connectivity index (χ1v) is 5.62. The zero-order valence-corrected chi connectivity index (χ0v) is 10.2. The second-order valence-corrected chi connectivity index (χ2v) is 4.40. The van der Waals surface area contributed by atoms with Crippen molar-refractivity contribution in [1.29, 1.82) is 0 Å². The number of halogens is 2. The van der Waals surface area contributed by atoms with Crippen LogP contribution >= 0.6 is 0 Å². The summed E-state index contributed by atoms with van der Waals surface area (Å²) in [6.45, 7) is 3.81. The Morgan fingerprint density at radius 3 is 2.22 bits per heavy atom. The fraction of sp³-hybridized carbons (Fsp3) is 0.214. The van der Waals surface area contributed by atoms with E-state index in [4.69, 9.17) is 5.73 Å². The fourth-order valence-corrected chi connectivity index (χ4v) is 1.96. The highest BCUT2D eigenvalue weighted by molar-refractivity contribution is 5.33. The Hall–Kier alpha value is -1.81. The lowest BCUT2D eigenvalue weighted by molar-refractivity contribution is 0.576. The van der Waals surface area contributed by atoms with Crippen molar-refractivity contribution >= 4 is 0 Å². The molecule has 0 aliphatic heterocycles. The van der Waals surface area contributed by atoms with Crippen LogP contribution in [0.15, 0.2) is 30.5 Å². The molecule has 1 aromatic heterocycles. The summed E-state index contributed by atoms with van der Waals surface area (Å²) in [6.07, 6.45) is 1.69. The Morgan fingerprint density at radius 2 is 1.67 bits per heavy atom. The molecule has 2 nitrogen and oxygen atoms in total. The van der Waals surface area contributed by atoms with Crippen molar-refractivity contribution in [2.24, 2.45) is 5.73 Å². The van der Waals surface area contributed by atoms with Crippen LogP contribution in [0.5, 0.6) is 0 Å². The zero-order valence-electron chi connectivity index (χ0n) is 10.2. The van der Waals surface area contributed by atoms with E-state index in [0.717, 1.165) is 17.2 Å². The number of aryl methyl sites for hydroxylation is 2. The van der Waals surface area contributed by atoms with E-state index in [1.54, 1.807) is 6.20 Å². The van der Waals surface area contributed by atoms with E-state index in [0.29, 0.717) is 11.3 Å². The molecule has 2 aromatic rings. The van der Waals surface area contributed by atoms with Crippen LogP contribution < -0.4 is 5.73 Å². The van der Waals surface area contributed by atoms with Crippen molar-refractivity contribution < 1.29 is 8.78 Å². The van der Waals surface area contributed by atoms with E-state index in [9.17, 15) is 8.78 Å². The lowest BCUT2D eigenvalue weighted by Crippen LogP contribution is -2.15. The topological polar surface area (TPSA) is 38.9 Å². The van der Waals surface area contributed by atoms with Gasteiger partial charge in [0.05, 0.1) is 11.7 Å². The number of nitrogens with zero attached hydrogens (tertiary/aromatic N) is 1. The fourth-order valence-electron chi connectivity index (χ4n) is 1.96. The van der Waals surface area contributed by atoms with Gasteiger partial charge in [-0.15, -0.1) is 0 Å². The summed E-state index contributed by atoms with van der Waals surface area (Å²) in [4.78, 5) is 4.24. The van der Waals surface area contributed by atoms with Crippen molar-refractivity contribution in [2.45, 2.75) is 19.9 Å². The van der Waals surface area contributed by atoms with Gasteiger partial charge in [-0.25, -0.2) is 8.78 Å². The number of nitrogens with two attached hydrogens (primary N) is 1. The van der Waals surface area contributed by atoms with Crippen LogP contribution in [0.2, 0.25) is 0 Å². The van der Waals surface area contributed by atoms with Gasteiger partial charge in [0.15, 0.2) is 0 Å². The van der Waals surface area contributed by atoms with Gasteiger partial charge in [-0.05, 0) is 42.7 Å². The van der Waals surface area contributed by atoms with Crippen molar-refractivity contribution in [3.8, 4) is 0 Å². The number of hydrogen-bond donors (Lipinski definition) is 1. The molecule has 4 heteroatoms. The van der Waals surface area contributed by atoms with Gasteiger partial charge in [0.1, 0.15) is 11.6 Å². The molecule has 2 rings (SSSR count). The second kappa shape index (κ2) is 4.82. The van der Waals surface area contributed by atoms with Gasteiger partial charge in [-0.3, -0.25) is 4.98 Å². The average molecular weight is 248 g/mol. The Kier molecular flexibility index (Phi) is 3.39. The van der Waals surface area contributed by atoms with Crippen LogP contribution in [0, 0.1) is 25.5 Å². The second-order valence-electron chi connectivity index (χ2n) is 4.40. The summed E-state index contributed by atoms with van der Waals surface area (Å²) >= 11 is 0. The summed E-state index contributed by atoms with van der Waals surface area (Å²) in [5, 5.41) is 0. The van der Waals surface area contributed by atoms with Crippen LogP contribution in [0.25, 0.3) is 0 Å². The number of aromatic nitrogens is 1. The third-order valence-electron chi connectivity index (χ3n) is 2.79. The largest absolute Gasteiger partial charge is 0.319 e. The van der Waals surface area contributed by atoms with Gasteiger partial charge in [-0.1, -0.05) is 6.07 Å². The third kappa shape index (κ3) is 2.54. The standard InChI is InChI=1S/C14H14F2N2/c1-8-3-9(2)14(18-7-8)13(17)10-4-11(15)6-12(16)5-10/h3-7,13H,17H2,1-2H3. The summed E-state index contributed by atoms with van der Waals surface area (Å²) in [5.41, 5.74) is 8.95. The first kappa shape index (κ1) is 12.6. The highest BCUT2D eigenvalue weighted by atomic mass is 19.1. The van der Waals surface area contributed by atoms with E-state index >= 15 is 0 Å². The number of benzene rings is 1. The highest BCUT2D eigenvalue weighted by Crippen LogP contribution is 2.22. The van der Waals surface area contributed by atoms with E-state index in [2.05, 4.69) is 4.98 Å². The number of rotatable bonds is 2. The van der Waals surface area contributed by atoms with Crippen LogP contribution in [0.4, 0.5) is 8.78 Å². The van der Waals surface area contributed by atoms with Crippen LogP contribution in [0.3, 0.4) is 0 Å². The van der Waals surface area contributed by atoms with Crippen LogP contribution in [-0.4, -0.2) is 4.98 Å². The van der Waals surface area contributed by atoms with Crippen molar-refractivity contribution in [3.63, 3.8) is 0 Å². The van der Waals surface area contributed by atoms with E-state index in [1.165, 1.54) is 12.1 Å². The molecule has 0 amide bonds. The third-order valence-corrected chi connectivity index (χ3v) is 2.79. The molecule has 94 valence electrons. The minimum atomic E-state index is -0.634. The molecular formula is C14H14F2N2. The molecule has 0 fully saturated rings. The van der Waals surface area contributed by atoms with Crippen LogP contribution in [0.1, 0.15) is 28.4 Å². The van der Waals surface area contributed by atoms with Crippen molar-refractivity contribution in [3.05, 3.63) is 64.5 Å². The lowest BCUT2D eigenvalue weighted by Gasteiger charge is -2.14. The Morgan fingerprint density at radius 1 is 1.06 bits per heavy atom. The molecule has 0 saturated carbocycles. The zero-order chi connectivity index (χ0) is 13.3. The summed E-state index contributed by atoms with van der Waals surface area (Å²) < 4.78 is 26.3. The van der Waals surface area contributed by atoms with Crippen molar-refractivity contribution in [2.75, 3.05) is 0 Å². The summed E-state index contributed by atoms with van der Waals surface area (Å²) in [7, 11) is 0. The Balaban J connectivity index is 2.44. The molecule has 0 spiro atoms. The minimum absolute atomic E-state index is 0.381. The molecule has 18 heavy (non-hydrogen) atoms. The maximum Gasteiger partial charge on any atom is 0.126 e. The maximum absolute atomic E-state index is 13.2. The monoisotopic (exact) mass is 248 g/mol. The van der Waals surface area contributed by atoms with Crippen LogP contribution in [-0.2, 0) is 0 Å². The predicted molar refractivity (Wildman–Crippen MR) is 66.1 cm³/mol. The molecule has 0 bridgehead atoms. The molecule has 0 aliphatic carbocycles. The van der Waals surface area contributed by atoms with Crippen molar-refractivity contribution in [1.82, 2.24) is 4.98 Å². The van der Waals surface area contributed by atoms with E-state index in [-0.39, 0.29) is 0 Å². The Labute approximate surface area is 104 Å². The van der Waals surface area contributed by atoms with Gasteiger partial charge in [0.2, 0.25) is 0 Å². The van der Waals surface area contributed by atoms with Gasteiger partial charge >= 0.3 is 0 Å². The summed E-state index contributed by atoms with van der Waals surface area (Å²) in [6, 6.07) is 4.60. The predicted octanol–water partition coefficient (Wildman–Crippen LogP) is 3.02.